The predicted molar refractivity (Wildman–Crippen MR) is 23.6 cm³/mol. The van der Waals surface area contributed by atoms with Crippen LogP contribution >= 0.6 is 0 Å². The maximum absolute atomic E-state index is 0. The van der Waals surface area contributed by atoms with E-state index in [2.05, 4.69) is 0 Å². The molecular weight excluding hydrogens is 151 g/mol. The van der Waals surface area contributed by atoms with E-state index in [0.717, 1.165) is 0 Å². The van der Waals surface area contributed by atoms with Crippen LogP contribution in [0.2, 0.25) is 0 Å². The van der Waals surface area contributed by atoms with Crippen molar-refractivity contribution >= 4 is 0 Å². The Morgan fingerprint density at radius 3 is 0.375 bits per heavy atom. The zero-order valence-electron chi connectivity index (χ0n) is 4.45. The van der Waals surface area contributed by atoms with E-state index in [1.165, 1.54) is 0 Å². The van der Waals surface area contributed by atoms with Gasteiger partial charge >= 0.3 is 51.4 Å². The standard InChI is InChI=1S/K.7H2O/h;7*1H2/q+1;;;;;;;/p-1. The minimum absolute atomic E-state index is 0. The van der Waals surface area contributed by atoms with Crippen LogP contribution in [0.1, 0.15) is 0 Å². The Labute approximate surface area is 88.7 Å². The molecule has 0 radical (unpaired) electrons. The van der Waals surface area contributed by atoms with Gasteiger partial charge in [0.15, 0.2) is 0 Å². The molecule has 13 N–H and O–H groups in total. The fourth-order valence-corrected chi connectivity index (χ4v) is 0. The molecule has 7 nitrogen and oxygen atoms in total. The molecule has 0 aliphatic rings. The molecule has 0 aliphatic heterocycles. The Hall–Kier alpha value is 1.36. The molecule has 0 bridgehead atoms. The molecule has 0 atom stereocenters. The molecule has 0 unspecified atom stereocenters. The summed E-state index contributed by atoms with van der Waals surface area (Å²) in [5.41, 5.74) is 0. The summed E-state index contributed by atoms with van der Waals surface area (Å²) in [6.07, 6.45) is 0. The first-order valence-electron chi connectivity index (χ1n) is 0. The van der Waals surface area contributed by atoms with Gasteiger partial charge in [-0.25, -0.2) is 0 Å². The van der Waals surface area contributed by atoms with Crippen molar-refractivity contribution in [1.82, 2.24) is 0 Å². The molecule has 0 aromatic heterocycles. The molecule has 8 heavy (non-hydrogen) atoms. The molecule has 0 aliphatic carbocycles. The average molecular weight is 164 g/mol. The first-order chi connectivity index (χ1) is 0. The van der Waals surface area contributed by atoms with Gasteiger partial charge < -0.3 is 38.3 Å². The Bertz CT molecular complexity index is 4.35. The summed E-state index contributed by atoms with van der Waals surface area (Å²) in [6.45, 7) is 0. The molecule has 8 heteroatoms. The van der Waals surface area contributed by atoms with Crippen molar-refractivity contribution in [2.24, 2.45) is 0 Å². The SMILES string of the molecule is O.O.O.O.O.O.[K+].[OH-]. The van der Waals surface area contributed by atoms with Crippen molar-refractivity contribution in [2.45, 2.75) is 0 Å². The van der Waals surface area contributed by atoms with Crippen LogP contribution in [-0.2, 0) is 0 Å². The summed E-state index contributed by atoms with van der Waals surface area (Å²) in [5.74, 6) is 0. The van der Waals surface area contributed by atoms with Crippen LogP contribution in [0.4, 0.5) is 0 Å². The number of hydrogen-bond donors (Lipinski definition) is 0. The van der Waals surface area contributed by atoms with Crippen LogP contribution in [0.5, 0.6) is 0 Å². The predicted octanol–water partition coefficient (Wildman–Crippen LogP) is -8.12. The van der Waals surface area contributed by atoms with Crippen LogP contribution in [0.25, 0.3) is 0 Å². The van der Waals surface area contributed by atoms with E-state index >= 15 is 0 Å². The fourth-order valence-electron chi connectivity index (χ4n) is 0. The largest absolute Gasteiger partial charge is 1.00 e. The third-order valence-corrected chi connectivity index (χ3v) is 0. The third-order valence-electron chi connectivity index (χ3n) is 0. The van der Waals surface area contributed by atoms with Gasteiger partial charge in [0, 0.05) is 0 Å². The molecule has 0 saturated heterocycles. The fraction of sp³-hybridized carbons (Fsp3) is 0. The average Bonchev–Trinajstić information content (AvgIpc) is 0. The second kappa shape index (κ2) is 246. The Morgan fingerprint density at radius 2 is 0.375 bits per heavy atom. The molecule has 0 aromatic carbocycles. The summed E-state index contributed by atoms with van der Waals surface area (Å²) in [6, 6.07) is 0. The first-order valence-corrected chi connectivity index (χ1v) is 0. The van der Waals surface area contributed by atoms with Gasteiger partial charge in [-0.1, -0.05) is 0 Å². The molecule has 0 amide bonds. The van der Waals surface area contributed by atoms with Crippen molar-refractivity contribution in [3.8, 4) is 0 Å². The van der Waals surface area contributed by atoms with Crippen LogP contribution in [0, 0.1) is 0 Å². The first kappa shape index (κ1) is 355. The van der Waals surface area contributed by atoms with Gasteiger partial charge in [0.05, 0.1) is 0 Å². The Morgan fingerprint density at radius 1 is 0.375 bits per heavy atom. The molecule has 56 valence electrons. The van der Waals surface area contributed by atoms with Crippen LogP contribution in [0.3, 0.4) is 0 Å². The van der Waals surface area contributed by atoms with Gasteiger partial charge in [-0.2, -0.15) is 0 Å². The summed E-state index contributed by atoms with van der Waals surface area (Å²) in [7, 11) is 0. The van der Waals surface area contributed by atoms with Crippen LogP contribution in [-0.4, -0.2) is 38.3 Å². The summed E-state index contributed by atoms with van der Waals surface area (Å²) < 4.78 is 0. The molecular formula is H13KO7. The number of rotatable bonds is 0. The second-order valence-corrected chi connectivity index (χ2v) is 0. The molecule has 0 fully saturated rings. The molecule has 0 heterocycles. The van der Waals surface area contributed by atoms with E-state index in [4.69, 9.17) is 0 Å². The van der Waals surface area contributed by atoms with Crippen molar-refractivity contribution in [3.63, 3.8) is 0 Å². The van der Waals surface area contributed by atoms with Gasteiger partial charge in [-0.05, 0) is 0 Å². The monoisotopic (exact) mass is 164 g/mol. The molecule has 0 spiro atoms. The summed E-state index contributed by atoms with van der Waals surface area (Å²) >= 11 is 0. The maximum atomic E-state index is 0. The van der Waals surface area contributed by atoms with Crippen molar-refractivity contribution in [1.29, 1.82) is 0 Å². The van der Waals surface area contributed by atoms with Gasteiger partial charge in [0.25, 0.3) is 0 Å². The van der Waals surface area contributed by atoms with Gasteiger partial charge in [0.2, 0.25) is 0 Å². The minimum Gasteiger partial charge on any atom is -0.870 e. The van der Waals surface area contributed by atoms with E-state index in [9.17, 15) is 0 Å². The van der Waals surface area contributed by atoms with Crippen LogP contribution < -0.4 is 51.4 Å². The quantitative estimate of drug-likeness (QED) is 0.312. The van der Waals surface area contributed by atoms with E-state index in [1.807, 2.05) is 0 Å². The third kappa shape index (κ3) is 162. The van der Waals surface area contributed by atoms with Crippen molar-refractivity contribution < 1.29 is 89.7 Å². The van der Waals surface area contributed by atoms with Gasteiger partial charge in [-0.15, -0.1) is 0 Å². The zero-order valence-corrected chi connectivity index (χ0v) is 7.57. The van der Waals surface area contributed by atoms with Gasteiger partial charge in [0.1, 0.15) is 0 Å². The van der Waals surface area contributed by atoms with E-state index < -0.39 is 0 Å². The smallest absolute Gasteiger partial charge is 0.870 e. The zero-order chi connectivity index (χ0) is 0. The van der Waals surface area contributed by atoms with E-state index in [1.54, 1.807) is 0 Å². The summed E-state index contributed by atoms with van der Waals surface area (Å²) in [4.78, 5) is 0. The van der Waals surface area contributed by atoms with E-state index in [-0.39, 0.29) is 89.7 Å². The van der Waals surface area contributed by atoms with Crippen LogP contribution in [0.15, 0.2) is 0 Å². The Balaban J connectivity index is 0. The molecule has 0 rings (SSSR count). The minimum atomic E-state index is 0. The van der Waals surface area contributed by atoms with Gasteiger partial charge in [-0.3, -0.25) is 0 Å². The van der Waals surface area contributed by atoms with Crippen molar-refractivity contribution in [2.75, 3.05) is 0 Å². The molecule has 0 saturated carbocycles. The van der Waals surface area contributed by atoms with Crippen molar-refractivity contribution in [3.05, 3.63) is 0 Å². The molecule has 0 aromatic rings. The number of hydrogen-bond acceptors (Lipinski definition) is 1. The maximum Gasteiger partial charge on any atom is 1.00 e. The second-order valence-electron chi connectivity index (χ2n) is 0. The van der Waals surface area contributed by atoms with E-state index in [0.29, 0.717) is 0 Å². The normalized spacial score (nSPS) is 0. The Kier molecular flexibility index (Phi) is 10900. The summed E-state index contributed by atoms with van der Waals surface area (Å²) in [5, 5.41) is 0. The topological polar surface area (TPSA) is 219 Å².